The molecule has 1 aliphatic rings. The van der Waals surface area contributed by atoms with Crippen molar-refractivity contribution >= 4 is 23.1 Å². The third-order valence-corrected chi connectivity index (χ3v) is 7.05. The number of anilines is 1. The number of ketones is 1. The van der Waals surface area contributed by atoms with Crippen LogP contribution in [-0.4, -0.2) is 34.8 Å². The van der Waals surface area contributed by atoms with E-state index < -0.39 is 17.7 Å². The SMILES string of the molecule is CCN(CC)c1ccc(C2/C(=C(/O)c3ccc(C)cc3)C(=O)C(=O)N2Cc2cc(C)ccc2C)cc1. The summed E-state index contributed by atoms with van der Waals surface area (Å²) in [5.41, 5.74) is 6.70. The van der Waals surface area contributed by atoms with Crippen molar-refractivity contribution in [1.82, 2.24) is 4.90 Å². The second-order valence-electron chi connectivity index (χ2n) is 9.49. The highest BCUT2D eigenvalue weighted by Gasteiger charge is 2.46. The van der Waals surface area contributed by atoms with E-state index in [1.807, 2.05) is 69.3 Å². The summed E-state index contributed by atoms with van der Waals surface area (Å²) in [5, 5.41) is 11.3. The number of aliphatic hydroxyl groups excluding tert-OH is 1. The van der Waals surface area contributed by atoms with Crippen molar-refractivity contribution in [3.63, 3.8) is 0 Å². The van der Waals surface area contributed by atoms with Crippen molar-refractivity contribution < 1.29 is 14.7 Å². The van der Waals surface area contributed by atoms with Crippen LogP contribution < -0.4 is 4.90 Å². The highest BCUT2D eigenvalue weighted by Crippen LogP contribution is 2.41. The van der Waals surface area contributed by atoms with Crippen molar-refractivity contribution in [3.8, 4) is 0 Å². The van der Waals surface area contributed by atoms with Crippen LogP contribution in [0.5, 0.6) is 0 Å². The van der Waals surface area contributed by atoms with Crippen LogP contribution in [0.2, 0.25) is 0 Å². The molecule has 1 atom stereocenters. The maximum absolute atomic E-state index is 13.4. The lowest BCUT2D eigenvalue weighted by molar-refractivity contribution is -0.140. The van der Waals surface area contributed by atoms with Crippen LogP contribution in [0.15, 0.2) is 72.3 Å². The minimum atomic E-state index is -0.683. The minimum Gasteiger partial charge on any atom is -0.507 e. The summed E-state index contributed by atoms with van der Waals surface area (Å²) in [6, 6.07) is 20.7. The van der Waals surface area contributed by atoms with Gasteiger partial charge in [0.2, 0.25) is 0 Å². The Hall–Kier alpha value is -3.86. The van der Waals surface area contributed by atoms with Crippen LogP contribution in [-0.2, 0) is 16.1 Å². The monoisotopic (exact) mass is 482 g/mol. The van der Waals surface area contributed by atoms with E-state index in [1.165, 1.54) is 0 Å². The number of carbonyl (C=O) groups excluding carboxylic acids is 2. The molecule has 186 valence electrons. The molecule has 1 aliphatic heterocycles. The molecule has 0 aromatic heterocycles. The molecule has 1 amide bonds. The summed E-state index contributed by atoms with van der Waals surface area (Å²) in [7, 11) is 0. The van der Waals surface area contributed by atoms with E-state index in [2.05, 4.69) is 24.8 Å². The average molecular weight is 483 g/mol. The fourth-order valence-corrected chi connectivity index (χ4v) is 4.87. The molecule has 0 radical (unpaired) electrons. The van der Waals surface area contributed by atoms with Gasteiger partial charge in [0.15, 0.2) is 0 Å². The van der Waals surface area contributed by atoms with E-state index in [4.69, 9.17) is 0 Å². The number of amides is 1. The lowest BCUT2D eigenvalue weighted by Gasteiger charge is -2.27. The Morgan fingerprint density at radius 3 is 2.08 bits per heavy atom. The average Bonchev–Trinajstić information content (AvgIpc) is 3.12. The zero-order chi connectivity index (χ0) is 26.0. The number of hydrogen-bond acceptors (Lipinski definition) is 4. The number of Topliss-reactive ketones (excluding diaryl/α,β-unsaturated/α-hetero) is 1. The lowest BCUT2D eigenvalue weighted by Crippen LogP contribution is -2.29. The summed E-state index contributed by atoms with van der Waals surface area (Å²) in [6.07, 6.45) is 0. The maximum Gasteiger partial charge on any atom is 0.295 e. The highest BCUT2D eigenvalue weighted by atomic mass is 16.3. The van der Waals surface area contributed by atoms with Gasteiger partial charge in [-0.1, -0.05) is 65.7 Å². The first-order valence-corrected chi connectivity index (χ1v) is 12.5. The molecule has 1 unspecified atom stereocenters. The Morgan fingerprint density at radius 1 is 0.861 bits per heavy atom. The Bertz CT molecular complexity index is 1300. The predicted molar refractivity (Wildman–Crippen MR) is 145 cm³/mol. The van der Waals surface area contributed by atoms with Crippen LogP contribution >= 0.6 is 0 Å². The molecule has 3 aromatic carbocycles. The molecule has 5 heteroatoms. The maximum atomic E-state index is 13.4. The zero-order valence-electron chi connectivity index (χ0n) is 21.7. The predicted octanol–water partition coefficient (Wildman–Crippen LogP) is 6.08. The largest absolute Gasteiger partial charge is 0.507 e. The van der Waals surface area contributed by atoms with Crippen molar-refractivity contribution in [1.29, 1.82) is 0 Å². The first-order chi connectivity index (χ1) is 17.2. The van der Waals surface area contributed by atoms with Crippen molar-refractivity contribution in [2.24, 2.45) is 0 Å². The Labute approximate surface area is 213 Å². The molecule has 0 aliphatic carbocycles. The van der Waals surface area contributed by atoms with Gasteiger partial charge in [-0.25, -0.2) is 0 Å². The van der Waals surface area contributed by atoms with E-state index >= 15 is 0 Å². The van der Waals surface area contributed by atoms with E-state index in [1.54, 1.807) is 17.0 Å². The van der Waals surface area contributed by atoms with Crippen LogP contribution in [0, 0.1) is 20.8 Å². The first-order valence-electron chi connectivity index (χ1n) is 12.5. The van der Waals surface area contributed by atoms with Crippen LogP contribution in [0.4, 0.5) is 5.69 Å². The number of aliphatic hydroxyl groups is 1. The van der Waals surface area contributed by atoms with Crippen LogP contribution in [0.1, 0.15) is 53.3 Å². The normalized spacial score (nSPS) is 17.0. The van der Waals surface area contributed by atoms with Crippen LogP contribution in [0.3, 0.4) is 0 Å². The molecule has 5 nitrogen and oxygen atoms in total. The number of nitrogens with zero attached hydrogens (tertiary/aromatic N) is 2. The fourth-order valence-electron chi connectivity index (χ4n) is 4.87. The standard InChI is InChI=1S/C31H34N2O3/c1-6-32(7-2)26-16-14-23(15-17-26)28-27(29(34)24-12-9-20(3)10-13-24)30(35)31(36)33(28)19-25-18-21(4)8-11-22(25)5/h8-18,28,34H,6-7,19H2,1-5H3/b29-27-. The Morgan fingerprint density at radius 2 is 1.47 bits per heavy atom. The summed E-state index contributed by atoms with van der Waals surface area (Å²) >= 11 is 0. The van der Waals surface area contributed by atoms with Gasteiger partial charge >= 0.3 is 0 Å². The summed E-state index contributed by atoms with van der Waals surface area (Å²) < 4.78 is 0. The third kappa shape index (κ3) is 4.78. The molecule has 1 saturated heterocycles. The molecule has 1 fully saturated rings. The van der Waals surface area contributed by atoms with Gasteiger partial charge in [0.25, 0.3) is 11.7 Å². The number of benzene rings is 3. The summed E-state index contributed by atoms with van der Waals surface area (Å²) in [6.45, 7) is 12.2. The summed E-state index contributed by atoms with van der Waals surface area (Å²) in [4.78, 5) is 30.6. The first kappa shape index (κ1) is 25.2. The smallest absolute Gasteiger partial charge is 0.295 e. The quantitative estimate of drug-likeness (QED) is 0.252. The molecule has 0 saturated carbocycles. The third-order valence-electron chi connectivity index (χ3n) is 7.05. The van der Waals surface area contributed by atoms with E-state index in [9.17, 15) is 14.7 Å². The van der Waals surface area contributed by atoms with Gasteiger partial charge < -0.3 is 14.9 Å². The topological polar surface area (TPSA) is 60.9 Å². The zero-order valence-corrected chi connectivity index (χ0v) is 21.7. The van der Waals surface area contributed by atoms with Gasteiger partial charge in [-0.3, -0.25) is 9.59 Å². The van der Waals surface area contributed by atoms with E-state index in [0.717, 1.165) is 46.6 Å². The second kappa shape index (κ2) is 10.4. The lowest BCUT2D eigenvalue weighted by atomic mass is 9.94. The number of carbonyl (C=O) groups is 2. The van der Waals surface area contributed by atoms with Gasteiger partial charge in [-0.2, -0.15) is 0 Å². The van der Waals surface area contributed by atoms with Gasteiger partial charge in [0.05, 0.1) is 11.6 Å². The molecular formula is C31H34N2O3. The minimum absolute atomic E-state index is 0.129. The number of hydrogen-bond donors (Lipinski definition) is 1. The van der Waals surface area contributed by atoms with Gasteiger partial charge in [-0.05, 0) is 63.4 Å². The van der Waals surface area contributed by atoms with Crippen molar-refractivity contribution in [2.45, 2.75) is 47.2 Å². The molecule has 3 aromatic rings. The molecule has 0 spiro atoms. The number of aryl methyl sites for hydroxylation is 3. The van der Waals surface area contributed by atoms with Crippen molar-refractivity contribution in [3.05, 3.63) is 106 Å². The van der Waals surface area contributed by atoms with Gasteiger partial charge in [0.1, 0.15) is 5.76 Å². The Kier molecular flexibility index (Phi) is 7.30. The Balaban J connectivity index is 1.85. The molecular weight excluding hydrogens is 448 g/mol. The molecule has 36 heavy (non-hydrogen) atoms. The highest BCUT2D eigenvalue weighted by molar-refractivity contribution is 6.46. The molecule has 0 bridgehead atoms. The summed E-state index contributed by atoms with van der Waals surface area (Å²) in [5.74, 6) is -1.40. The number of likely N-dealkylation sites (tertiary alicyclic amines) is 1. The van der Waals surface area contributed by atoms with E-state index in [-0.39, 0.29) is 17.9 Å². The number of rotatable bonds is 7. The van der Waals surface area contributed by atoms with Gasteiger partial charge in [0, 0.05) is 30.9 Å². The van der Waals surface area contributed by atoms with Crippen LogP contribution in [0.25, 0.3) is 5.76 Å². The fraction of sp³-hybridized carbons (Fsp3) is 0.290. The molecule has 1 heterocycles. The van der Waals surface area contributed by atoms with E-state index in [0.29, 0.717) is 5.56 Å². The van der Waals surface area contributed by atoms with Crippen molar-refractivity contribution in [2.75, 3.05) is 18.0 Å². The van der Waals surface area contributed by atoms with Gasteiger partial charge in [-0.15, -0.1) is 0 Å². The second-order valence-corrected chi connectivity index (χ2v) is 9.49. The molecule has 1 N–H and O–H groups in total. The molecule has 4 rings (SSSR count).